The van der Waals surface area contributed by atoms with Gasteiger partial charge in [0.25, 0.3) is 0 Å². The standard InChI is InChI=1S/C22H32O2Si/c1-15(2)23-25(24-16(3)4,21-11-9-17(5)13-19(21)7)22-12-10-18(6)14-20(22)8/h9-16H,1-8H3. The van der Waals surface area contributed by atoms with Gasteiger partial charge < -0.3 is 8.85 Å². The summed E-state index contributed by atoms with van der Waals surface area (Å²) in [7, 11) is -2.81. The van der Waals surface area contributed by atoms with Crippen molar-refractivity contribution in [1.82, 2.24) is 0 Å². The smallest absolute Gasteiger partial charge is 0.385 e. The van der Waals surface area contributed by atoms with Crippen molar-refractivity contribution in [2.75, 3.05) is 0 Å². The van der Waals surface area contributed by atoms with Crippen molar-refractivity contribution in [3.05, 3.63) is 58.7 Å². The summed E-state index contributed by atoms with van der Waals surface area (Å²) in [5.41, 5.74) is 5.01. The summed E-state index contributed by atoms with van der Waals surface area (Å²) in [6, 6.07) is 13.2. The van der Waals surface area contributed by atoms with Gasteiger partial charge in [0.15, 0.2) is 0 Å². The van der Waals surface area contributed by atoms with Crippen LogP contribution in [0.2, 0.25) is 0 Å². The number of rotatable bonds is 6. The zero-order valence-corrected chi connectivity index (χ0v) is 17.9. The quantitative estimate of drug-likeness (QED) is 0.717. The van der Waals surface area contributed by atoms with Crippen molar-refractivity contribution in [2.45, 2.75) is 67.6 Å². The van der Waals surface area contributed by atoms with Gasteiger partial charge in [0.1, 0.15) is 0 Å². The highest BCUT2D eigenvalue weighted by molar-refractivity contribution is 6.93. The van der Waals surface area contributed by atoms with E-state index in [-0.39, 0.29) is 12.2 Å². The molecule has 0 atom stereocenters. The predicted octanol–water partition coefficient (Wildman–Crippen LogP) is 4.33. The van der Waals surface area contributed by atoms with E-state index in [9.17, 15) is 0 Å². The van der Waals surface area contributed by atoms with E-state index in [4.69, 9.17) is 8.85 Å². The summed E-state index contributed by atoms with van der Waals surface area (Å²) in [6.45, 7) is 17.0. The molecule has 0 saturated carbocycles. The summed E-state index contributed by atoms with van der Waals surface area (Å²) in [6.07, 6.45) is 0.179. The fourth-order valence-corrected chi connectivity index (χ4v) is 7.43. The molecule has 0 N–H and O–H groups in total. The molecule has 0 radical (unpaired) electrons. The maximum absolute atomic E-state index is 6.68. The minimum absolute atomic E-state index is 0.0897. The van der Waals surface area contributed by atoms with Gasteiger partial charge >= 0.3 is 8.56 Å². The lowest BCUT2D eigenvalue weighted by Crippen LogP contribution is -2.66. The summed E-state index contributed by atoms with van der Waals surface area (Å²) in [5.74, 6) is 0. The Labute approximate surface area is 154 Å². The number of hydrogen-bond donors (Lipinski definition) is 0. The lowest BCUT2D eigenvalue weighted by molar-refractivity contribution is 0.125. The Balaban J connectivity index is 2.79. The maximum atomic E-state index is 6.68. The van der Waals surface area contributed by atoms with Crippen LogP contribution in [0.4, 0.5) is 0 Å². The van der Waals surface area contributed by atoms with E-state index in [1.165, 1.54) is 32.6 Å². The average Bonchev–Trinajstić information content (AvgIpc) is 2.44. The van der Waals surface area contributed by atoms with Gasteiger partial charge in [-0.15, -0.1) is 0 Å². The van der Waals surface area contributed by atoms with Crippen LogP contribution >= 0.6 is 0 Å². The largest absolute Gasteiger partial charge is 0.408 e. The molecular weight excluding hydrogens is 324 g/mol. The van der Waals surface area contributed by atoms with Crippen molar-refractivity contribution in [3.8, 4) is 0 Å². The maximum Gasteiger partial charge on any atom is 0.408 e. The van der Waals surface area contributed by atoms with E-state index < -0.39 is 8.56 Å². The molecule has 2 nitrogen and oxygen atoms in total. The van der Waals surface area contributed by atoms with E-state index in [1.807, 2.05) is 0 Å². The Morgan fingerprint density at radius 2 is 1.00 bits per heavy atom. The van der Waals surface area contributed by atoms with E-state index in [0.29, 0.717) is 0 Å². The molecule has 2 aromatic carbocycles. The predicted molar refractivity (Wildman–Crippen MR) is 109 cm³/mol. The molecule has 2 aromatic rings. The third-order valence-electron chi connectivity index (χ3n) is 4.28. The van der Waals surface area contributed by atoms with E-state index in [0.717, 1.165) is 0 Å². The second-order valence-electron chi connectivity index (χ2n) is 7.59. The first-order valence-electron chi connectivity index (χ1n) is 9.17. The summed E-state index contributed by atoms with van der Waals surface area (Å²) in [5, 5.41) is 2.43. The monoisotopic (exact) mass is 356 g/mol. The summed E-state index contributed by atoms with van der Waals surface area (Å²) in [4.78, 5) is 0. The van der Waals surface area contributed by atoms with Gasteiger partial charge in [0, 0.05) is 22.6 Å². The Hall–Kier alpha value is -1.42. The van der Waals surface area contributed by atoms with Gasteiger partial charge in [0.2, 0.25) is 0 Å². The molecule has 0 spiro atoms. The zero-order chi connectivity index (χ0) is 18.8. The van der Waals surface area contributed by atoms with Gasteiger partial charge in [-0.25, -0.2) is 0 Å². The van der Waals surface area contributed by atoms with Crippen LogP contribution in [0.1, 0.15) is 49.9 Å². The molecule has 0 aliphatic carbocycles. The molecule has 0 unspecified atom stereocenters. The van der Waals surface area contributed by atoms with E-state index in [2.05, 4.69) is 91.8 Å². The molecule has 0 amide bonds. The lowest BCUT2D eigenvalue weighted by Gasteiger charge is -2.37. The van der Waals surface area contributed by atoms with Crippen LogP contribution in [-0.2, 0) is 8.85 Å². The van der Waals surface area contributed by atoms with Crippen LogP contribution < -0.4 is 10.4 Å². The van der Waals surface area contributed by atoms with Gasteiger partial charge in [0.05, 0.1) is 0 Å². The SMILES string of the molecule is Cc1ccc([Si](OC(C)C)(OC(C)C)c2ccc(C)cc2C)c(C)c1. The van der Waals surface area contributed by atoms with Crippen LogP contribution in [0.5, 0.6) is 0 Å². The third-order valence-corrected chi connectivity index (χ3v) is 8.42. The fourth-order valence-electron chi connectivity index (χ4n) is 3.46. The first-order valence-corrected chi connectivity index (χ1v) is 11.0. The van der Waals surface area contributed by atoms with Crippen molar-refractivity contribution in [1.29, 1.82) is 0 Å². The minimum atomic E-state index is -2.81. The van der Waals surface area contributed by atoms with Crippen LogP contribution in [0.25, 0.3) is 0 Å². The molecule has 0 aromatic heterocycles. The van der Waals surface area contributed by atoms with Crippen molar-refractivity contribution in [2.24, 2.45) is 0 Å². The van der Waals surface area contributed by atoms with Gasteiger partial charge in [-0.2, -0.15) is 0 Å². The molecular formula is C22H32O2Si. The molecule has 0 aliphatic rings. The molecule has 3 heteroatoms. The van der Waals surface area contributed by atoms with Crippen molar-refractivity contribution >= 4 is 18.9 Å². The normalized spacial score (nSPS) is 12.2. The molecule has 0 aliphatic heterocycles. The summed E-state index contributed by atoms with van der Waals surface area (Å²) >= 11 is 0. The summed E-state index contributed by atoms with van der Waals surface area (Å²) < 4.78 is 13.4. The molecule has 0 bridgehead atoms. The van der Waals surface area contributed by atoms with Crippen LogP contribution in [-0.4, -0.2) is 20.8 Å². The Bertz CT molecular complexity index is 671. The molecule has 25 heavy (non-hydrogen) atoms. The van der Waals surface area contributed by atoms with Crippen LogP contribution in [0.3, 0.4) is 0 Å². The molecule has 136 valence electrons. The number of aryl methyl sites for hydroxylation is 4. The topological polar surface area (TPSA) is 18.5 Å². The zero-order valence-electron chi connectivity index (χ0n) is 16.9. The first-order chi connectivity index (χ1) is 11.7. The fraction of sp³-hybridized carbons (Fsp3) is 0.455. The molecule has 2 rings (SSSR count). The Kier molecular flexibility index (Phi) is 6.25. The van der Waals surface area contributed by atoms with Crippen LogP contribution in [0, 0.1) is 27.7 Å². The number of benzene rings is 2. The average molecular weight is 357 g/mol. The second kappa shape index (κ2) is 7.86. The van der Waals surface area contributed by atoms with E-state index in [1.54, 1.807) is 0 Å². The highest BCUT2D eigenvalue weighted by atomic mass is 28.4. The van der Waals surface area contributed by atoms with Crippen molar-refractivity contribution < 1.29 is 8.85 Å². The molecule has 0 heterocycles. The second-order valence-corrected chi connectivity index (χ2v) is 10.4. The highest BCUT2D eigenvalue weighted by Gasteiger charge is 2.46. The van der Waals surface area contributed by atoms with Gasteiger partial charge in [-0.05, 0) is 66.5 Å². The lowest BCUT2D eigenvalue weighted by atomic mass is 10.1. The first kappa shape index (κ1) is 19.9. The molecule has 0 fully saturated rings. The molecule has 0 saturated heterocycles. The Morgan fingerprint density at radius 1 is 0.640 bits per heavy atom. The number of hydrogen-bond acceptors (Lipinski definition) is 2. The third kappa shape index (κ3) is 4.41. The van der Waals surface area contributed by atoms with Gasteiger partial charge in [-0.3, -0.25) is 0 Å². The van der Waals surface area contributed by atoms with Gasteiger partial charge in [-0.1, -0.05) is 47.5 Å². The highest BCUT2D eigenvalue weighted by Crippen LogP contribution is 2.19. The minimum Gasteiger partial charge on any atom is -0.385 e. The van der Waals surface area contributed by atoms with E-state index >= 15 is 0 Å². The van der Waals surface area contributed by atoms with Crippen molar-refractivity contribution in [3.63, 3.8) is 0 Å². The Morgan fingerprint density at radius 3 is 1.28 bits per heavy atom. The van der Waals surface area contributed by atoms with Crippen LogP contribution in [0.15, 0.2) is 36.4 Å².